The minimum Gasteiger partial charge on any atom is -0.351 e. The molecule has 2 aromatic rings. The van der Waals surface area contributed by atoms with Gasteiger partial charge in [0.05, 0.1) is 17.8 Å². The van der Waals surface area contributed by atoms with E-state index in [1.54, 1.807) is 17.8 Å². The van der Waals surface area contributed by atoms with E-state index in [0.29, 0.717) is 6.54 Å². The second kappa shape index (κ2) is 7.48. The fourth-order valence-electron chi connectivity index (χ4n) is 2.35. The second-order valence-electron chi connectivity index (χ2n) is 5.32. The molecule has 0 bridgehead atoms. The van der Waals surface area contributed by atoms with Crippen LogP contribution in [0.4, 0.5) is 4.39 Å². The number of imidazole rings is 1. The van der Waals surface area contributed by atoms with E-state index < -0.39 is 11.7 Å². The van der Waals surface area contributed by atoms with Gasteiger partial charge in [-0.25, -0.2) is 9.37 Å². The molecular weight excluding hydrogens is 331 g/mol. The van der Waals surface area contributed by atoms with Crippen LogP contribution in [-0.4, -0.2) is 33.7 Å². The van der Waals surface area contributed by atoms with Gasteiger partial charge in [-0.2, -0.15) is 0 Å². The normalized spacial score (nSPS) is 12.7. The Labute approximate surface area is 142 Å². The van der Waals surface area contributed by atoms with Crippen molar-refractivity contribution >= 4 is 23.6 Å². The molecular formula is C16H17FN4O2S. The molecule has 1 aromatic heterocycles. The molecule has 2 N–H and O–H groups in total. The molecule has 0 spiro atoms. The molecule has 0 fully saturated rings. The van der Waals surface area contributed by atoms with E-state index in [1.165, 1.54) is 18.2 Å². The Hall–Kier alpha value is -2.35. The lowest BCUT2D eigenvalue weighted by Crippen LogP contribution is -2.31. The highest BCUT2D eigenvalue weighted by molar-refractivity contribution is 7.99. The van der Waals surface area contributed by atoms with Gasteiger partial charge in [-0.1, -0.05) is 23.9 Å². The molecule has 0 radical (unpaired) electrons. The maximum Gasteiger partial charge on any atom is 0.254 e. The standard InChI is InChI=1S/C16H17FN4O2S/c17-13-4-2-1-3-12(13)15(23)18-6-5-14(22)19-9-11-10-21-7-8-24-16(21)20-11/h1-4,10H,5-9H2,(H,18,23)(H,19,22). The van der Waals surface area contributed by atoms with E-state index in [-0.39, 0.29) is 24.4 Å². The first-order chi connectivity index (χ1) is 11.6. The van der Waals surface area contributed by atoms with Gasteiger partial charge in [-0.3, -0.25) is 9.59 Å². The highest BCUT2D eigenvalue weighted by Gasteiger charge is 2.15. The van der Waals surface area contributed by atoms with Crippen LogP contribution >= 0.6 is 11.8 Å². The maximum atomic E-state index is 13.5. The zero-order chi connectivity index (χ0) is 16.9. The molecule has 8 heteroatoms. The monoisotopic (exact) mass is 348 g/mol. The van der Waals surface area contributed by atoms with Crippen LogP contribution in [0.15, 0.2) is 35.6 Å². The average molecular weight is 348 g/mol. The quantitative estimate of drug-likeness (QED) is 0.831. The van der Waals surface area contributed by atoms with Gasteiger partial charge in [-0.15, -0.1) is 0 Å². The van der Waals surface area contributed by atoms with Gasteiger partial charge in [0.25, 0.3) is 5.91 Å². The molecule has 1 aliphatic heterocycles. The number of thioether (sulfide) groups is 1. The van der Waals surface area contributed by atoms with Crippen LogP contribution < -0.4 is 10.6 Å². The van der Waals surface area contributed by atoms with Gasteiger partial charge in [0.2, 0.25) is 5.91 Å². The Morgan fingerprint density at radius 3 is 2.92 bits per heavy atom. The van der Waals surface area contributed by atoms with Crippen molar-refractivity contribution in [3.63, 3.8) is 0 Å². The molecule has 2 heterocycles. The fourth-order valence-corrected chi connectivity index (χ4v) is 3.32. The van der Waals surface area contributed by atoms with Crippen LogP contribution in [-0.2, 0) is 17.9 Å². The van der Waals surface area contributed by atoms with Crippen molar-refractivity contribution < 1.29 is 14.0 Å². The molecule has 0 atom stereocenters. The summed E-state index contributed by atoms with van der Waals surface area (Å²) >= 11 is 1.70. The third-order valence-corrected chi connectivity index (χ3v) is 4.55. The number of carbonyl (C=O) groups is 2. The number of aromatic nitrogens is 2. The summed E-state index contributed by atoms with van der Waals surface area (Å²) in [5.41, 5.74) is 0.795. The number of hydrogen-bond acceptors (Lipinski definition) is 4. The van der Waals surface area contributed by atoms with E-state index in [2.05, 4.69) is 20.2 Å². The van der Waals surface area contributed by atoms with Gasteiger partial charge >= 0.3 is 0 Å². The Balaban J connectivity index is 1.39. The lowest BCUT2D eigenvalue weighted by molar-refractivity contribution is -0.121. The Morgan fingerprint density at radius 2 is 2.12 bits per heavy atom. The van der Waals surface area contributed by atoms with Crippen LogP contribution in [0.3, 0.4) is 0 Å². The summed E-state index contributed by atoms with van der Waals surface area (Å²) in [5, 5.41) is 6.28. The molecule has 0 aliphatic carbocycles. The lowest BCUT2D eigenvalue weighted by atomic mass is 10.2. The van der Waals surface area contributed by atoms with Crippen molar-refractivity contribution in [1.82, 2.24) is 20.2 Å². The summed E-state index contributed by atoms with van der Waals surface area (Å²) < 4.78 is 15.5. The fraction of sp³-hybridized carbons (Fsp3) is 0.312. The number of hydrogen-bond donors (Lipinski definition) is 2. The second-order valence-corrected chi connectivity index (χ2v) is 6.38. The molecule has 6 nitrogen and oxygen atoms in total. The first-order valence-electron chi connectivity index (χ1n) is 7.62. The zero-order valence-corrected chi connectivity index (χ0v) is 13.7. The van der Waals surface area contributed by atoms with Crippen molar-refractivity contribution in [1.29, 1.82) is 0 Å². The Kier molecular flexibility index (Phi) is 5.14. The number of halogens is 1. The minimum atomic E-state index is -0.579. The predicted molar refractivity (Wildman–Crippen MR) is 88.1 cm³/mol. The summed E-state index contributed by atoms with van der Waals surface area (Å²) in [5.74, 6) is -0.255. The minimum absolute atomic E-state index is 0.0251. The van der Waals surface area contributed by atoms with Gasteiger partial charge in [0.15, 0.2) is 5.16 Å². The topological polar surface area (TPSA) is 76.0 Å². The predicted octanol–water partition coefficient (Wildman–Crippen LogP) is 1.56. The third kappa shape index (κ3) is 3.94. The smallest absolute Gasteiger partial charge is 0.254 e. The first kappa shape index (κ1) is 16.5. The zero-order valence-electron chi connectivity index (χ0n) is 12.9. The molecule has 0 saturated heterocycles. The summed E-state index contributed by atoms with van der Waals surface area (Å²) in [6.45, 7) is 1.46. The van der Waals surface area contributed by atoms with Crippen LogP contribution in [0.2, 0.25) is 0 Å². The third-order valence-electron chi connectivity index (χ3n) is 3.58. The molecule has 0 unspecified atom stereocenters. The van der Waals surface area contributed by atoms with E-state index in [9.17, 15) is 14.0 Å². The van der Waals surface area contributed by atoms with Crippen molar-refractivity contribution in [2.75, 3.05) is 12.3 Å². The summed E-state index contributed by atoms with van der Waals surface area (Å²) in [6.07, 6.45) is 2.07. The maximum absolute atomic E-state index is 13.5. The SMILES string of the molecule is O=C(CCNC(=O)c1ccccc1F)NCc1cn2c(n1)SCC2. The number of benzene rings is 1. The molecule has 24 heavy (non-hydrogen) atoms. The number of rotatable bonds is 6. The van der Waals surface area contributed by atoms with Crippen LogP contribution in [0, 0.1) is 5.82 Å². The van der Waals surface area contributed by atoms with Gasteiger partial charge < -0.3 is 15.2 Å². The molecule has 3 rings (SSSR count). The average Bonchev–Trinajstić information content (AvgIpc) is 3.14. The van der Waals surface area contributed by atoms with E-state index in [1.807, 2.05) is 6.20 Å². The van der Waals surface area contributed by atoms with Gasteiger partial charge in [0.1, 0.15) is 5.82 Å². The lowest BCUT2D eigenvalue weighted by Gasteiger charge is -2.06. The summed E-state index contributed by atoms with van der Waals surface area (Å²) in [7, 11) is 0. The molecule has 1 aliphatic rings. The number of fused-ring (bicyclic) bond motifs is 1. The molecule has 2 amide bonds. The van der Waals surface area contributed by atoms with E-state index in [0.717, 1.165) is 23.1 Å². The summed E-state index contributed by atoms with van der Waals surface area (Å²) in [6, 6.07) is 5.73. The number of aryl methyl sites for hydroxylation is 1. The number of amides is 2. The molecule has 0 saturated carbocycles. The number of nitrogens with one attached hydrogen (secondary N) is 2. The Bertz CT molecular complexity index is 741. The van der Waals surface area contributed by atoms with Gasteiger partial charge in [-0.05, 0) is 12.1 Å². The largest absolute Gasteiger partial charge is 0.351 e. The molecule has 1 aromatic carbocycles. The van der Waals surface area contributed by atoms with Crippen molar-refractivity contribution in [3.05, 3.63) is 47.5 Å². The first-order valence-corrected chi connectivity index (χ1v) is 8.60. The van der Waals surface area contributed by atoms with Crippen LogP contribution in [0.25, 0.3) is 0 Å². The van der Waals surface area contributed by atoms with Crippen LogP contribution in [0.5, 0.6) is 0 Å². The van der Waals surface area contributed by atoms with Gasteiger partial charge in [0, 0.05) is 31.5 Å². The van der Waals surface area contributed by atoms with Crippen molar-refractivity contribution in [3.8, 4) is 0 Å². The number of nitrogens with zero attached hydrogens (tertiary/aromatic N) is 2. The van der Waals surface area contributed by atoms with Crippen molar-refractivity contribution in [2.24, 2.45) is 0 Å². The van der Waals surface area contributed by atoms with Crippen LogP contribution in [0.1, 0.15) is 22.5 Å². The molecule has 126 valence electrons. The Morgan fingerprint density at radius 1 is 1.29 bits per heavy atom. The summed E-state index contributed by atoms with van der Waals surface area (Å²) in [4.78, 5) is 28.0. The highest BCUT2D eigenvalue weighted by atomic mass is 32.2. The highest BCUT2D eigenvalue weighted by Crippen LogP contribution is 2.24. The van der Waals surface area contributed by atoms with E-state index >= 15 is 0 Å². The van der Waals surface area contributed by atoms with Crippen molar-refractivity contribution in [2.45, 2.75) is 24.7 Å². The van der Waals surface area contributed by atoms with E-state index in [4.69, 9.17) is 0 Å². The number of carbonyl (C=O) groups excluding carboxylic acids is 2.